The summed E-state index contributed by atoms with van der Waals surface area (Å²) in [7, 11) is 0. The number of carbonyl (C=O) groups is 2. The van der Waals surface area contributed by atoms with Gasteiger partial charge >= 0.3 is 0 Å². The monoisotopic (exact) mass is 352 g/mol. The van der Waals surface area contributed by atoms with Gasteiger partial charge < -0.3 is 15.0 Å². The minimum atomic E-state index is -0.154. The maximum absolute atomic E-state index is 12.3. The summed E-state index contributed by atoms with van der Waals surface area (Å²) in [5, 5.41) is 2.98. The van der Waals surface area contributed by atoms with Crippen molar-refractivity contribution < 1.29 is 14.3 Å². The Morgan fingerprint density at radius 2 is 1.85 bits per heavy atom. The second-order valence-electron chi connectivity index (χ2n) is 6.56. The van der Waals surface area contributed by atoms with Crippen molar-refractivity contribution >= 4 is 17.5 Å². The summed E-state index contributed by atoms with van der Waals surface area (Å²) < 4.78 is 5.40. The lowest BCUT2D eigenvalue weighted by molar-refractivity contribution is -0.121. The fraction of sp³-hybridized carbons (Fsp3) is 0.333. The Morgan fingerprint density at radius 3 is 2.50 bits per heavy atom. The molecule has 3 rings (SSSR count). The standard InChI is InChI=1S/C21H24N2O3/c1-3-26-19-10-6-16(7-11-19)12-20(24)22-17-13-21(25)23(14-17)18-8-4-15(2)5-9-18/h4-11,17H,3,12-14H2,1-2H3,(H,22,24). The molecule has 0 aliphatic carbocycles. The van der Waals surface area contributed by atoms with Crippen molar-refractivity contribution in [3.05, 3.63) is 59.7 Å². The SMILES string of the molecule is CCOc1ccc(CC(=O)NC2CC(=O)N(c3ccc(C)cc3)C2)cc1. The number of carbonyl (C=O) groups excluding carboxylic acids is 2. The number of hydrogen-bond acceptors (Lipinski definition) is 3. The number of aryl methyl sites for hydroxylation is 1. The van der Waals surface area contributed by atoms with E-state index in [1.807, 2.05) is 62.4 Å². The van der Waals surface area contributed by atoms with Gasteiger partial charge in [-0.05, 0) is 43.7 Å². The number of benzene rings is 2. The molecule has 0 aromatic heterocycles. The number of nitrogens with one attached hydrogen (secondary N) is 1. The van der Waals surface area contributed by atoms with Gasteiger partial charge in [0.25, 0.3) is 0 Å². The van der Waals surface area contributed by atoms with Crippen LogP contribution in [-0.2, 0) is 16.0 Å². The average Bonchev–Trinajstić information content (AvgIpc) is 2.97. The Hall–Kier alpha value is -2.82. The van der Waals surface area contributed by atoms with Crippen LogP contribution in [-0.4, -0.2) is 31.0 Å². The molecular formula is C21H24N2O3. The summed E-state index contributed by atoms with van der Waals surface area (Å²) in [5.74, 6) is 0.768. The first-order chi connectivity index (χ1) is 12.5. The van der Waals surface area contributed by atoms with Gasteiger partial charge in [0, 0.05) is 18.7 Å². The van der Waals surface area contributed by atoms with Crippen molar-refractivity contribution in [3.63, 3.8) is 0 Å². The zero-order valence-electron chi connectivity index (χ0n) is 15.2. The topological polar surface area (TPSA) is 58.6 Å². The van der Waals surface area contributed by atoms with Gasteiger partial charge in [0.2, 0.25) is 11.8 Å². The molecule has 5 nitrogen and oxygen atoms in total. The molecular weight excluding hydrogens is 328 g/mol. The lowest BCUT2D eigenvalue weighted by Crippen LogP contribution is -2.38. The maximum Gasteiger partial charge on any atom is 0.229 e. The smallest absolute Gasteiger partial charge is 0.229 e. The van der Waals surface area contributed by atoms with Crippen molar-refractivity contribution in [1.29, 1.82) is 0 Å². The largest absolute Gasteiger partial charge is 0.494 e. The van der Waals surface area contributed by atoms with Crippen LogP contribution in [0.3, 0.4) is 0 Å². The summed E-state index contributed by atoms with van der Waals surface area (Å²) in [6.45, 7) is 5.08. The minimum absolute atomic E-state index is 0.0419. The van der Waals surface area contributed by atoms with E-state index in [1.165, 1.54) is 0 Å². The predicted octanol–water partition coefficient (Wildman–Crippen LogP) is 2.86. The molecule has 26 heavy (non-hydrogen) atoms. The number of nitrogens with zero attached hydrogens (tertiary/aromatic N) is 1. The third-order valence-corrected chi connectivity index (χ3v) is 4.43. The van der Waals surface area contributed by atoms with Crippen LogP contribution in [0.25, 0.3) is 0 Å². The van der Waals surface area contributed by atoms with Gasteiger partial charge in [-0.2, -0.15) is 0 Å². The maximum atomic E-state index is 12.3. The summed E-state index contributed by atoms with van der Waals surface area (Å²) in [4.78, 5) is 26.3. The molecule has 136 valence electrons. The molecule has 1 fully saturated rings. The van der Waals surface area contributed by atoms with E-state index in [4.69, 9.17) is 4.74 Å². The van der Waals surface area contributed by atoms with Crippen LogP contribution in [0, 0.1) is 6.92 Å². The molecule has 0 spiro atoms. The third-order valence-electron chi connectivity index (χ3n) is 4.43. The molecule has 1 N–H and O–H groups in total. The lowest BCUT2D eigenvalue weighted by atomic mass is 10.1. The first-order valence-electron chi connectivity index (χ1n) is 8.93. The zero-order valence-corrected chi connectivity index (χ0v) is 15.2. The number of ether oxygens (including phenoxy) is 1. The lowest BCUT2D eigenvalue weighted by Gasteiger charge is -2.17. The highest BCUT2D eigenvalue weighted by molar-refractivity contribution is 5.96. The van der Waals surface area contributed by atoms with E-state index in [0.717, 1.165) is 22.6 Å². The molecule has 0 bridgehead atoms. The summed E-state index contributed by atoms with van der Waals surface area (Å²) in [6.07, 6.45) is 0.629. The van der Waals surface area contributed by atoms with Crippen molar-refractivity contribution in [3.8, 4) is 5.75 Å². The van der Waals surface area contributed by atoms with E-state index in [9.17, 15) is 9.59 Å². The number of amides is 2. The van der Waals surface area contributed by atoms with Crippen molar-refractivity contribution in [2.75, 3.05) is 18.1 Å². The summed E-state index contributed by atoms with van der Waals surface area (Å²) >= 11 is 0. The van der Waals surface area contributed by atoms with Gasteiger partial charge in [0.1, 0.15) is 5.75 Å². The van der Waals surface area contributed by atoms with E-state index < -0.39 is 0 Å². The number of hydrogen-bond donors (Lipinski definition) is 1. The van der Waals surface area contributed by atoms with Crippen LogP contribution in [0.2, 0.25) is 0 Å². The van der Waals surface area contributed by atoms with Crippen LogP contribution >= 0.6 is 0 Å². The molecule has 2 amide bonds. The molecule has 5 heteroatoms. The molecule has 2 aromatic rings. The van der Waals surface area contributed by atoms with Crippen molar-refractivity contribution in [1.82, 2.24) is 5.32 Å². The molecule has 0 saturated carbocycles. The fourth-order valence-corrected chi connectivity index (χ4v) is 3.11. The van der Waals surface area contributed by atoms with Gasteiger partial charge in [-0.3, -0.25) is 9.59 Å². The van der Waals surface area contributed by atoms with E-state index in [-0.39, 0.29) is 17.9 Å². The van der Waals surface area contributed by atoms with Crippen LogP contribution in [0.15, 0.2) is 48.5 Å². The van der Waals surface area contributed by atoms with Gasteiger partial charge in [-0.25, -0.2) is 0 Å². The zero-order chi connectivity index (χ0) is 18.5. The third kappa shape index (κ3) is 4.42. The van der Waals surface area contributed by atoms with Gasteiger partial charge in [0.05, 0.1) is 19.1 Å². The normalized spacial score (nSPS) is 16.6. The molecule has 1 aliphatic heterocycles. The second kappa shape index (κ2) is 8.04. The summed E-state index contributed by atoms with van der Waals surface area (Å²) in [6, 6.07) is 15.2. The van der Waals surface area contributed by atoms with Crippen LogP contribution in [0.1, 0.15) is 24.5 Å². The first-order valence-corrected chi connectivity index (χ1v) is 8.93. The Labute approximate surface area is 154 Å². The Balaban J connectivity index is 1.55. The molecule has 1 atom stereocenters. The van der Waals surface area contributed by atoms with Crippen LogP contribution in [0.5, 0.6) is 5.75 Å². The van der Waals surface area contributed by atoms with Gasteiger partial charge in [-0.1, -0.05) is 29.8 Å². The average molecular weight is 352 g/mol. The van der Waals surface area contributed by atoms with Crippen LogP contribution < -0.4 is 15.0 Å². The minimum Gasteiger partial charge on any atom is -0.494 e. The highest BCUT2D eigenvalue weighted by atomic mass is 16.5. The predicted molar refractivity (Wildman–Crippen MR) is 101 cm³/mol. The van der Waals surface area contributed by atoms with Crippen molar-refractivity contribution in [2.24, 2.45) is 0 Å². The van der Waals surface area contributed by atoms with E-state index >= 15 is 0 Å². The molecule has 1 aliphatic rings. The van der Waals surface area contributed by atoms with Gasteiger partial charge in [0.15, 0.2) is 0 Å². The Kier molecular flexibility index (Phi) is 5.56. The quantitative estimate of drug-likeness (QED) is 0.870. The molecule has 2 aromatic carbocycles. The number of rotatable bonds is 6. The Bertz CT molecular complexity index is 769. The fourth-order valence-electron chi connectivity index (χ4n) is 3.11. The molecule has 0 radical (unpaired) electrons. The first kappa shape index (κ1) is 18.0. The van der Waals surface area contributed by atoms with Gasteiger partial charge in [-0.15, -0.1) is 0 Å². The Morgan fingerprint density at radius 1 is 1.15 bits per heavy atom. The second-order valence-corrected chi connectivity index (χ2v) is 6.56. The summed E-state index contributed by atoms with van der Waals surface area (Å²) in [5.41, 5.74) is 2.95. The van der Waals surface area contributed by atoms with E-state index in [2.05, 4.69) is 5.32 Å². The highest BCUT2D eigenvalue weighted by Crippen LogP contribution is 2.22. The van der Waals surface area contributed by atoms with Crippen LogP contribution in [0.4, 0.5) is 5.69 Å². The highest BCUT2D eigenvalue weighted by Gasteiger charge is 2.31. The van der Waals surface area contributed by atoms with E-state index in [1.54, 1.807) is 4.90 Å². The molecule has 1 unspecified atom stereocenters. The van der Waals surface area contributed by atoms with E-state index in [0.29, 0.717) is 26.0 Å². The van der Waals surface area contributed by atoms with Crippen molar-refractivity contribution in [2.45, 2.75) is 32.7 Å². The molecule has 1 heterocycles. The number of anilines is 1. The molecule has 1 saturated heterocycles.